The number of carboxylic acid groups (broad SMARTS) is 1. The third kappa shape index (κ3) is 2.75. The average molecular weight is 293 g/mol. The maximum atomic E-state index is 11.5. The molecule has 3 nitrogen and oxygen atoms in total. The van der Waals surface area contributed by atoms with Crippen molar-refractivity contribution in [1.29, 1.82) is 0 Å². The summed E-state index contributed by atoms with van der Waals surface area (Å²) in [6.45, 7) is 2.73. The molecule has 0 saturated heterocycles. The second kappa shape index (κ2) is 6.06. The van der Waals surface area contributed by atoms with Crippen LogP contribution in [0.2, 0.25) is 0 Å². The number of aryl methyl sites for hydroxylation is 3. The Kier molecular flexibility index (Phi) is 3.96. The van der Waals surface area contributed by atoms with Gasteiger partial charge in [0.05, 0.1) is 0 Å². The van der Waals surface area contributed by atoms with E-state index >= 15 is 0 Å². The van der Waals surface area contributed by atoms with Crippen molar-refractivity contribution in [3.8, 4) is 0 Å². The number of aromatic nitrogens is 1. The summed E-state index contributed by atoms with van der Waals surface area (Å²) in [4.78, 5) is 11.5. The van der Waals surface area contributed by atoms with Crippen LogP contribution in [0.25, 0.3) is 10.9 Å². The van der Waals surface area contributed by atoms with Crippen LogP contribution in [0.4, 0.5) is 0 Å². The van der Waals surface area contributed by atoms with Crippen molar-refractivity contribution in [3.63, 3.8) is 0 Å². The maximum Gasteiger partial charge on any atom is 0.352 e. The third-order valence-corrected chi connectivity index (χ3v) is 4.07. The molecule has 0 aliphatic heterocycles. The van der Waals surface area contributed by atoms with Crippen LogP contribution in [0.15, 0.2) is 54.6 Å². The topological polar surface area (TPSA) is 42.2 Å². The highest BCUT2D eigenvalue weighted by Gasteiger charge is 2.15. The molecule has 0 fully saturated rings. The molecule has 3 heteroatoms. The highest BCUT2D eigenvalue weighted by atomic mass is 16.4. The van der Waals surface area contributed by atoms with Gasteiger partial charge in [0, 0.05) is 17.4 Å². The standard InChI is InChI=1S/C19H19NO2/c1-14-7-5-11-17-16(14)13-18(19(21)22)20(17)12-6-10-15-8-3-2-4-9-15/h2-5,7-9,11,13H,6,10,12H2,1H3,(H,21,22). The normalized spacial score (nSPS) is 11.0. The van der Waals surface area contributed by atoms with Crippen molar-refractivity contribution >= 4 is 16.9 Å². The fourth-order valence-electron chi connectivity index (χ4n) is 2.94. The SMILES string of the molecule is Cc1cccc2c1cc(C(=O)O)n2CCCc1ccccc1. The van der Waals surface area contributed by atoms with Gasteiger partial charge in [0.2, 0.25) is 0 Å². The molecule has 1 aromatic heterocycles. The van der Waals surface area contributed by atoms with Crippen LogP contribution in [-0.4, -0.2) is 15.6 Å². The molecule has 0 aliphatic rings. The van der Waals surface area contributed by atoms with Crippen molar-refractivity contribution in [2.45, 2.75) is 26.3 Å². The number of hydrogen-bond acceptors (Lipinski definition) is 1. The lowest BCUT2D eigenvalue weighted by atomic mass is 10.1. The molecular formula is C19H19NO2. The first-order valence-corrected chi connectivity index (χ1v) is 7.53. The fourth-order valence-corrected chi connectivity index (χ4v) is 2.94. The van der Waals surface area contributed by atoms with Gasteiger partial charge in [0.15, 0.2) is 0 Å². The van der Waals surface area contributed by atoms with Gasteiger partial charge in [-0.15, -0.1) is 0 Å². The number of nitrogens with zero attached hydrogens (tertiary/aromatic N) is 1. The number of benzene rings is 2. The van der Waals surface area contributed by atoms with Crippen molar-refractivity contribution in [1.82, 2.24) is 4.57 Å². The Labute approximate surface area is 129 Å². The van der Waals surface area contributed by atoms with Crippen molar-refractivity contribution < 1.29 is 9.90 Å². The first-order chi connectivity index (χ1) is 10.7. The van der Waals surface area contributed by atoms with E-state index in [1.165, 1.54) is 5.56 Å². The predicted molar refractivity (Wildman–Crippen MR) is 88.4 cm³/mol. The molecule has 3 rings (SSSR count). The second-order valence-corrected chi connectivity index (χ2v) is 5.58. The van der Waals surface area contributed by atoms with Crippen LogP contribution in [0.3, 0.4) is 0 Å². The zero-order valence-electron chi connectivity index (χ0n) is 12.6. The third-order valence-electron chi connectivity index (χ3n) is 4.07. The fraction of sp³-hybridized carbons (Fsp3) is 0.211. The van der Waals surface area contributed by atoms with E-state index in [9.17, 15) is 9.90 Å². The highest BCUT2D eigenvalue weighted by Crippen LogP contribution is 2.24. The molecule has 0 saturated carbocycles. The summed E-state index contributed by atoms with van der Waals surface area (Å²) in [7, 11) is 0. The van der Waals surface area contributed by atoms with E-state index in [4.69, 9.17) is 0 Å². The average Bonchev–Trinajstić information content (AvgIpc) is 2.89. The van der Waals surface area contributed by atoms with E-state index in [1.807, 2.05) is 47.9 Å². The molecule has 0 atom stereocenters. The van der Waals surface area contributed by atoms with Crippen LogP contribution in [0.1, 0.15) is 28.0 Å². The summed E-state index contributed by atoms with van der Waals surface area (Å²) in [6.07, 6.45) is 1.87. The van der Waals surface area contributed by atoms with Gasteiger partial charge in [-0.25, -0.2) is 4.79 Å². The van der Waals surface area contributed by atoms with E-state index in [-0.39, 0.29) is 0 Å². The number of fused-ring (bicyclic) bond motifs is 1. The summed E-state index contributed by atoms with van der Waals surface area (Å²) in [5, 5.41) is 10.5. The van der Waals surface area contributed by atoms with Gasteiger partial charge in [0.1, 0.15) is 5.69 Å². The number of carbonyl (C=O) groups is 1. The van der Waals surface area contributed by atoms with Crippen LogP contribution in [-0.2, 0) is 13.0 Å². The molecule has 0 bridgehead atoms. The van der Waals surface area contributed by atoms with E-state index in [0.29, 0.717) is 12.2 Å². The quantitative estimate of drug-likeness (QED) is 0.763. The van der Waals surface area contributed by atoms with Crippen molar-refractivity contribution in [2.75, 3.05) is 0 Å². The van der Waals surface area contributed by atoms with Gasteiger partial charge < -0.3 is 9.67 Å². The van der Waals surface area contributed by atoms with Gasteiger partial charge >= 0.3 is 5.97 Å². The number of carboxylic acids is 1. The monoisotopic (exact) mass is 293 g/mol. The zero-order valence-corrected chi connectivity index (χ0v) is 12.6. The molecule has 22 heavy (non-hydrogen) atoms. The Balaban J connectivity index is 1.87. The van der Waals surface area contributed by atoms with E-state index < -0.39 is 5.97 Å². The zero-order chi connectivity index (χ0) is 15.5. The van der Waals surface area contributed by atoms with Gasteiger partial charge in [-0.3, -0.25) is 0 Å². The molecule has 3 aromatic rings. The summed E-state index contributed by atoms with van der Waals surface area (Å²) in [6, 6.07) is 18.1. The van der Waals surface area contributed by atoms with Crippen LogP contribution in [0.5, 0.6) is 0 Å². The van der Waals surface area contributed by atoms with Gasteiger partial charge in [-0.1, -0.05) is 42.5 Å². The molecular weight excluding hydrogens is 274 g/mol. The van der Waals surface area contributed by atoms with E-state index in [0.717, 1.165) is 29.3 Å². The van der Waals surface area contributed by atoms with E-state index in [1.54, 1.807) is 6.07 Å². The first-order valence-electron chi connectivity index (χ1n) is 7.53. The van der Waals surface area contributed by atoms with Gasteiger partial charge in [0.25, 0.3) is 0 Å². The minimum Gasteiger partial charge on any atom is -0.477 e. The Hall–Kier alpha value is -2.55. The molecule has 0 aliphatic carbocycles. The van der Waals surface area contributed by atoms with Crippen LogP contribution in [0, 0.1) is 6.92 Å². The summed E-state index contributed by atoms with van der Waals surface area (Å²) in [5.41, 5.74) is 3.77. The number of aromatic carboxylic acids is 1. The summed E-state index contributed by atoms with van der Waals surface area (Å²) in [5.74, 6) is -0.865. The second-order valence-electron chi connectivity index (χ2n) is 5.58. The largest absolute Gasteiger partial charge is 0.477 e. The first kappa shape index (κ1) is 14.4. The summed E-state index contributed by atoms with van der Waals surface area (Å²) >= 11 is 0. The highest BCUT2D eigenvalue weighted by molar-refractivity contribution is 5.95. The van der Waals surface area contributed by atoms with Crippen molar-refractivity contribution in [2.24, 2.45) is 0 Å². The number of hydrogen-bond donors (Lipinski definition) is 1. The minimum atomic E-state index is -0.865. The molecule has 112 valence electrons. The molecule has 0 amide bonds. The maximum absolute atomic E-state index is 11.5. The molecule has 0 spiro atoms. The van der Waals surface area contributed by atoms with Crippen LogP contribution >= 0.6 is 0 Å². The lowest BCUT2D eigenvalue weighted by Gasteiger charge is -2.09. The molecule has 1 N–H and O–H groups in total. The molecule has 0 unspecified atom stereocenters. The Morgan fingerprint density at radius 2 is 1.86 bits per heavy atom. The van der Waals surface area contributed by atoms with Crippen LogP contribution < -0.4 is 0 Å². The number of rotatable bonds is 5. The Bertz CT molecular complexity index is 803. The lowest BCUT2D eigenvalue weighted by molar-refractivity contribution is 0.0685. The van der Waals surface area contributed by atoms with Gasteiger partial charge in [-0.2, -0.15) is 0 Å². The predicted octanol–water partition coefficient (Wildman–Crippen LogP) is 4.28. The van der Waals surface area contributed by atoms with Gasteiger partial charge in [-0.05, 0) is 43.0 Å². The Morgan fingerprint density at radius 1 is 1.09 bits per heavy atom. The molecule has 0 radical (unpaired) electrons. The molecule has 1 heterocycles. The van der Waals surface area contributed by atoms with Crippen molar-refractivity contribution in [3.05, 3.63) is 71.4 Å². The molecule has 2 aromatic carbocycles. The Morgan fingerprint density at radius 3 is 2.59 bits per heavy atom. The minimum absolute atomic E-state index is 0.373. The van der Waals surface area contributed by atoms with E-state index in [2.05, 4.69) is 12.1 Å². The lowest BCUT2D eigenvalue weighted by Crippen LogP contribution is -2.09. The smallest absolute Gasteiger partial charge is 0.352 e. The summed E-state index contributed by atoms with van der Waals surface area (Å²) < 4.78 is 1.92.